The van der Waals surface area contributed by atoms with E-state index in [-0.39, 0.29) is 5.91 Å². The molecule has 24 heavy (non-hydrogen) atoms. The summed E-state index contributed by atoms with van der Waals surface area (Å²) in [4.78, 5) is 12.4. The average Bonchev–Trinajstić information content (AvgIpc) is 2.58. The first kappa shape index (κ1) is 17.8. The van der Waals surface area contributed by atoms with Crippen LogP contribution in [-0.4, -0.2) is 19.6 Å². The van der Waals surface area contributed by atoms with Crippen LogP contribution >= 0.6 is 15.9 Å². The number of nitrogens with one attached hydrogen (secondary N) is 1. The molecule has 0 saturated carbocycles. The minimum absolute atomic E-state index is 0.259. The van der Waals surface area contributed by atoms with Crippen LogP contribution in [0.15, 0.2) is 40.9 Å². The second-order valence-electron chi connectivity index (χ2n) is 4.91. The highest BCUT2D eigenvalue weighted by Crippen LogP contribution is 2.36. The number of carbonyl (C=O) groups is 1. The van der Waals surface area contributed by atoms with Gasteiger partial charge < -0.3 is 14.8 Å². The van der Waals surface area contributed by atoms with E-state index in [0.717, 1.165) is 5.56 Å². The number of ether oxygens (including phenoxy) is 2. The molecule has 6 heteroatoms. The quantitative estimate of drug-likeness (QED) is 0.805. The number of methoxy groups -OCH3 is 1. The summed E-state index contributed by atoms with van der Waals surface area (Å²) in [7, 11) is 1.53. The van der Waals surface area contributed by atoms with Crippen molar-refractivity contribution in [2.75, 3.05) is 19.0 Å². The Morgan fingerprint density at radius 3 is 2.58 bits per heavy atom. The van der Waals surface area contributed by atoms with E-state index in [1.165, 1.54) is 7.11 Å². The fraction of sp³-hybridized carbons (Fsp3) is 0.222. The van der Waals surface area contributed by atoms with Crippen LogP contribution in [0.2, 0.25) is 0 Å². The molecule has 0 aliphatic carbocycles. The Bertz CT molecular complexity index is 767. The molecule has 0 heterocycles. The van der Waals surface area contributed by atoms with Crippen LogP contribution in [0, 0.1) is 11.3 Å². The van der Waals surface area contributed by atoms with Gasteiger partial charge in [0.1, 0.15) is 0 Å². The molecule has 0 aliphatic heterocycles. The summed E-state index contributed by atoms with van der Waals surface area (Å²) in [5, 5.41) is 11.5. The summed E-state index contributed by atoms with van der Waals surface area (Å²) in [6.45, 7) is 2.37. The number of carbonyl (C=O) groups excluding carboxylic acids is 1. The highest BCUT2D eigenvalue weighted by atomic mass is 79.9. The van der Waals surface area contributed by atoms with Crippen LogP contribution in [0.25, 0.3) is 0 Å². The predicted molar refractivity (Wildman–Crippen MR) is 95.6 cm³/mol. The zero-order valence-electron chi connectivity index (χ0n) is 13.4. The topological polar surface area (TPSA) is 71.3 Å². The fourth-order valence-corrected chi connectivity index (χ4v) is 2.69. The van der Waals surface area contributed by atoms with E-state index in [4.69, 9.17) is 14.7 Å². The van der Waals surface area contributed by atoms with Gasteiger partial charge in [-0.1, -0.05) is 12.1 Å². The lowest BCUT2D eigenvalue weighted by atomic mass is 10.1. The van der Waals surface area contributed by atoms with Gasteiger partial charge in [0.05, 0.1) is 30.7 Å². The van der Waals surface area contributed by atoms with Gasteiger partial charge in [-0.2, -0.15) is 5.26 Å². The van der Waals surface area contributed by atoms with E-state index in [9.17, 15) is 4.79 Å². The van der Waals surface area contributed by atoms with Crippen LogP contribution in [0.4, 0.5) is 5.69 Å². The number of halogens is 1. The first-order chi connectivity index (χ1) is 11.6. The van der Waals surface area contributed by atoms with Gasteiger partial charge in [-0.3, -0.25) is 4.79 Å². The number of rotatable bonds is 6. The van der Waals surface area contributed by atoms with Crippen molar-refractivity contribution < 1.29 is 14.3 Å². The van der Waals surface area contributed by atoms with Gasteiger partial charge in [-0.25, -0.2) is 0 Å². The molecule has 0 saturated heterocycles. The molecular weight excluding hydrogens is 372 g/mol. The van der Waals surface area contributed by atoms with Crippen LogP contribution in [-0.2, 0) is 6.42 Å². The molecule has 1 amide bonds. The Morgan fingerprint density at radius 1 is 1.29 bits per heavy atom. The standard InChI is InChI=1S/C18H17BrN2O3/c1-3-24-17-15(19)10-13(11-16(17)23-2)18(22)21-14-6-4-12(5-7-14)8-9-20/h4-7,10-11H,3,8H2,1-2H3,(H,21,22). The minimum Gasteiger partial charge on any atom is -0.493 e. The van der Waals surface area contributed by atoms with E-state index < -0.39 is 0 Å². The van der Waals surface area contributed by atoms with Gasteiger partial charge in [0, 0.05) is 11.3 Å². The summed E-state index contributed by atoms with van der Waals surface area (Å²) in [6.07, 6.45) is 0.345. The van der Waals surface area contributed by atoms with Crippen molar-refractivity contribution in [1.29, 1.82) is 5.26 Å². The number of nitrogens with zero attached hydrogens (tertiary/aromatic N) is 1. The SMILES string of the molecule is CCOc1c(Br)cc(C(=O)Nc2ccc(CC#N)cc2)cc1OC. The third-order valence-corrected chi connectivity index (χ3v) is 3.86. The molecule has 0 aromatic heterocycles. The molecule has 0 atom stereocenters. The zero-order valence-corrected chi connectivity index (χ0v) is 15.0. The van der Waals surface area contributed by atoms with Crippen molar-refractivity contribution in [2.24, 2.45) is 0 Å². The lowest BCUT2D eigenvalue weighted by molar-refractivity contribution is 0.102. The van der Waals surface area contributed by atoms with E-state index in [2.05, 4.69) is 27.3 Å². The lowest BCUT2D eigenvalue weighted by Gasteiger charge is -2.13. The van der Waals surface area contributed by atoms with E-state index in [1.807, 2.05) is 19.1 Å². The summed E-state index contributed by atoms with van der Waals surface area (Å²) >= 11 is 3.40. The van der Waals surface area contributed by atoms with Crippen LogP contribution in [0.1, 0.15) is 22.8 Å². The molecule has 0 spiro atoms. The molecule has 0 fully saturated rings. The maximum Gasteiger partial charge on any atom is 0.255 e. The second kappa shape index (κ2) is 8.37. The number of nitriles is 1. The molecule has 0 radical (unpaired) electrons. The third kappa shape index (κ3) is 4.27. The molecule has 1 N–H and O–H groups in total. The van der Waals surface area contributed by atoms with E-state index >= 15 is 0 Å². The fourth-order valence-electron chi connectivity index (χ4n) is 2.14. The predicted octanol–water partition coefficient (Wildman–Crippen LogP) is 4.17. The number of benzene rings is 2. The van der Waals surface area contributed by atoms with E-state index in [1.54, 1.807) is 24.3 Å². The molecule has 2 aromatic carbocycles. The van der Waals surface area contributed by atoms with Crippen molar-refractivity contribution in [2.45, 2.75) is 13.3 Å². The summed E-state index contributed by atoms with van der Waals surface area (Å²) < 4.78 is 11.5. The second-order valence-corrected chi connectivity index (χ2v) is 5.76. The first-order valence-electron chi connectivity index (χ1n) is 7.36. The molecule has 5 nitrogen and oxygen atoms in total. The highest BCUT2D eigenvalue weighted by Gasteiger charge is 2.15. The Hall–Kier alpha value is -2.52. The van der Waals surface area contributed by atoms with Crippen molar-refractivity contribution in [3.8, 4) is 17.6 Å². The number of hydrogen-bond acceptors (Lipinski definition) is 4. The normalized spacial score (nSPS) is 9.92. The van der Waals surface area contributed by atoms with Crippen molar-refractivity contribution in [1.82, 2.24) is 0 Å². The Morgan fingerprint density at radius 2 is 2.00 bits per heavy atom. The molecular formula is C18H17BrN2O3. The molecule has 0 bridgehead atoms. The minimum atomic E-state index is -0.259. The van der Waals surface area contributed by atoms with Crippen LogP contribution in [0.5, 0.6) is 11.5 Å². The first-order valence-corrected chi connectivity index (χ1v) is 8.16. The molecule has 0 aliphatic rings. The monoisotopic (exact) mass is 388 g/mol. The largest absolute Gasteiger partial charge is 0.493 e. The maximum atomic E-state index is 12.4. The Labute approximate surface area is 149 Å². The van der Waals surface area contributed by atoms with Crippen molar-refractivity contribution >= 4 is 27.5 Å². The van der Waals surface area contributed by atoms with Crippen LogP contribution in [0.3, 0.4) is 0 Å². The van der Waals surface area contributed by atoms with E-state index in [0.29, 0.717) is 40.3 Å². The number of anilines is 1. The maximum absolute atomic E-state index is 12.4. The third-order valence-electron chi connectivity index (χ3n) is 3.28. The van der Waals surface area contributed by atoms with Crippen molar-refractivity contribution in [3.63, 3.8) is 0 Å². The van der Waals surface area contributed by atoms with Gasteiger partial charge in [0.25, 0.3) is 5.91 Å². The van der Waals surface area contributed by atoms with Gasteiger partial charge in [-0.05, 0) is 52.7 Å². The summed E-state index contributed by atoms with van der Waals surface area (Å²) in [5.74, 6) is 0.795. The summed E-state index contributed by atoms with van der Waals surface area (Å²) in [5.41, 5.74) is 2.01. The Balaban J connectivity index is 2.20. The average molecular weight is 389 g/mol. The van der Waals surface area contributed by atoms with Gasteiger partial charge in [0.2, 0.25) is 0 Å². The summed E-state index contributed by atoms with van der Waals surface area (Å²) in [6, 6.07) is 12.6. The number of amides is 1. The lowest BCUT2D eigenvalue weighted by Crippen LogP contribution is -2.12. The van der Waals surface area contributed by atoms with Gasteiger partial charge in [-0.15, -0.1) is 0 Å². The smallest absolute Gasteiger partial charge is 0.255 e. The van der Waals surface area contributed by atoms with Gasteiger partial charge in [0.15, 0.2) is 11.5 Å². The molecule has 2 rings (SSSR count). The molecule has 124 valence electrons. The van der Waals surface area contributed by atoms with Crippen molar-refractivity contribution in [3.05, 3.63) is 52.0 Å². The number of hydrogen-bond donors (Lipinski definition) is 1. The molecule has 2 aromatic rings. The highest BCUT2D eigenvalue weighted by molar-refractivity contribution is 9.10. The Kier molecular flexibility index (Phi) is 6.21. The molecule has 0 unspecified atom stereocenters. The van der Waals surface area contributed by atoms with Crippen LogP contribution < -0.4 is 14.8 Å². The zero-order chi connectivity index (χ0) is 17.5. The van der Waals surface area contributed by atoms with Gasteiger partial charge >= 0.3 is 0 Å².